The van der Waals surface area contributed by atoms with Gasteiger partial charge in [0.05, 0.1) is 31.5 Å². The second kappa shape index (κ2) is 6.54. The molecule has 3 aromatic rings. The smallest absolute Gasteiger partial charge is 0.177 e. The number of rotatable bonds is 4. The van der Waals surface area contributed by atoms with Crippen molar-refractivity contribution in [3.63, 3.8) is 0 Å². The van der Waals surface area contributed by atoms with Crippen LogP contribution in [-0.2, 0) is 16.1 Å². The van der Waals surface area contributed by atoms with Gasteiger partial charge in [0, 0.05) is 18.7 Å². The molecule has 2 saturated heterocycles. The molecule has 8 heteroatoms. The zero-order chi connectivity index (χ0) is 18.3. The van der Waals surface area contributed by atoms with Crippen molar-refractivity contribution in [2.24, 2.45) is 0 Å². The molecule has 0 N–H and O–H groups in total. The highest BCUT2D eigenvalue weighted by Gasteiger charge is 2.48. The Morgan fingerprint density at radius 2 is 2.19 bits per heavy atom. The molecule has 3 aromatic heterocycles. The van der Waals surface area contributed by atoms with Gasteiger partial charge in [-0.2, -0.15) is 4.52 Å². The molecular formula is C19H22N6O2. The third-order valence-electron chi connectivity index (χ3n) is 5.29. The van der Waals surface area contributed by atoms with Gasteiger partial charge in [0.25, 0.3) is 0 Å². The van der Waals surface area contributed by atoms with Crippen molar-refractivity contribution in [3.8, 4) is 0 Å². The maximum Gasteiger partial charge on any atom is 0.177 e. The van der Waals surface area contributed by atoms with Crippen LogP contribution in [0.2, 0.25) is 0 Å². The van der Waals surface area contributed by atoms with Gasteiger partial charge in [-0.15, -0.1) is 15.3 Å². The van der Waals surface area contributed by atoms with E-state index in [-0.39, 0.29) is 11.7 Å². The van der Waals surface area contributed by atoms with Gasteiger partial charge in [0.2, 0.25) is 0 Å². The van der Waals surface area contributed by atoms with Crippen molar-refractivity contribution >= 4 is 11.5 Å². The molecule has 1 atom stereocenters. The molecule has 27 heavy (non-hydrogen) atoms. The van der Waals surface area contributed by atoms with Crippen LogP contribution in [0, 0.1) is 6.92 Å². The molecule has 0 radical (unpaired) electrons. The number of aromatic nitrogens is 5. The summed E-state index contributed by atoms with van der Waals surface area (Å²) in [5.74, 6) is 0.920. The fourth-order valence-corrected chi connectivity index (χ4v) is 3.93. The highest BCUT2D eigenvalue weighted by atomic mass is 16.5. The Bertz CT molecular complexity index is 952. The average Bonchev–Trinajstić information content (AvgIpc) is 3.12. The van der Waals surface area contributed by atoms with Crippen molar-refractivity contribution in [2.75, 3.05) is 24.6 Å². The summed E-state index contributed by atoms with van der Waals surface area (Å²) < 4.78 is 14.0. The standard InChI is InChI=1S/C19H22N6O2/c1-14-3-2-4-15(21-14)10-26-16-7-8-27-19(9-16)11-24(12-19)18-6-5-17-22-20-13-25(17)23-18/h2-6,13,16H,7-12H2,1H3/t16-/m1/s1. The Hall–Kier alpha value is -2.58. The van der Waals surface area contributed by atoms with Crippen molar-refractivity contribution in [2.45, 2.75) is 38.1 Å². The first-order chi connectivity index (χ1) is 13.2. The van der Waals surface area contributed by atoms with Gasteiger partial charge < -0.3 is 14.4 Å². The Balaban J connectivity index is 1.20. The van der Waals surface area contributed by atoms with Gasteiger partial charge >= 0.3 is 0 Å². The number of ether oxygens (including phenoxy) is 2. The van der Waals surface area contributed by atoms with Crippen LogP contribution >= 0.6 is 0 Å². The van der Waals surface area contributed by atoms with E-state index in [2.05, 4.69) is 25.2 Å². The predicted molar refractivity (Wildman–Crippen MR) is 98.5 cm³/mol. The molecule has 140 valence electrons. The quantitative estimate of drug-likeness (QED) is 0.696. The lowest BCUT2D eigenvalue weighted by Gasteiger charge is -2.53. The number of nitrogens with zero attached hydrogens (tertiary/aromatic N) is 6. The molecule has 2 aliphatic rings. The monoisotopic (exact) mass is 366 g/mol. The maximum atomic E-state index is 6.15. The summed E-state index contributed by atoms with van der Waals surface area (Å²) in [5.41, 5.74) is 2.62. The Morgan fingerprint density at radius 1 is 1.26 bits per heavy atom. The minimum Gasteiger partial charge on any atom is -0.372 e. The maximum absolute atomic E-state index is 6.15. The second-order valence-electron chi connectivity index (χ2n) is 7.41. The van der Waals surface area contributed by atoms with Gasteiger partial charge in [0.15, 0.2) is 5.65 Å². The molecule has 0 unspecified atom stereocenters. The van der Waals surface area contributed by atoms with Crippen LogP contribution in [0.1, 0.15) is 24.2 Å². The van der Waals surface area contributed by atoms with E-state index in [1.165, 1.54) is 0 Å². The zero-order valence-corrected chi connectivity index (χ0v) is 15.3. The van der Waals surface area contributed by atoms with Crippen LogP contribution in [0.5, 0.6) is 0 Å². The van der Waals surface area contributed by atoms with Crippen LogP contribution in [0.3, 0.4) is 0 Å². The Morgan fingerprint density at radius 3 is 3.07 bits per heavy atom. The third-order valence-corrected chi connectivity index (χ3v) is 5.29. The molecule has 5 heterocycles. The molecule has 1 spiro atoms. The van der Waals surface area contributed by atoms with E-state index in [1.807, 2.05) is 37.3 Å². The van der Waals surface area contributed by atoms with E-state index in [9.17, 15) is 0 Å². The molecule has 0 aromatic carbocycles. The number of hydrogen-bond acceptors (Lipinski definition) is 7. The topological polar surface area (TPSA) is 77.7 Å². The summed E-state index contributed by atoms with van der Waals surface area (Å²) in [7, 11) is 0. The highest BCUT2D eigenvalue weighted by Crippen LogP contribution is 2.37. The van der Waals surface area contributed by atoms with Gasteiger partial charge in [-0.05, 0) is 37.6 Å². The van der Waals surface area contributed by atoms with Crippen LogP contribution in [0.25, 0.3) is 5.65 Å². The molecular weight excluding hydrogens is 344 g/mol. The fourth-order valence-electron chi connectivity index (χ4n) is 3.93. The number of aryl methyl sites for hydroxylation is 1. The average molecular weight is 366 g/mol. The van der Waals surface area contributed by atoms with E-state index in [4.69, 9.17) is 9.47 Å². The molecule has 5 rings (SSSR count). The number of hydrogen-bond donors (Lipinski definition) is 0. The molecule has 2 aliphatic heterocycles. The van der Waals surface area contributed by atoms with Crippen molar-refractivity contribution in [3.05, 3.63) is 48.0 Å². The minimum absolute atomic E-state index is 0.132. The fraction of sp³-hybridized carbons (Fsp3) is 0.474. The van der Waals surface area contributed by atoms with Crippen LogP contribution in [-0.4, -0.2) is 56.2 Å². The van der Waals surface area contributed by atoms with E-state index in [0.717, 1.165) is 55.4 Å². The lowest BCUT2D eigenvalue weighted by molar-refractivity contribution is -0.148. The van der Waals surface area contributed by atoms with E-state index >= 15 is 0 Å². The normalized spacial score (nSPS) is 21.5. The summed E-state index contributed by atoms with van der Waals surface area (Å²) in [6, 6.07) is 9.96. The number of fused-ring (bicyclic) bond motifs is 1. The SMILES string of the molecule is Cc1cccc(CO[C@@H]2CCOC3(C2)CN(c2ccc4nncn4n2)C3)n1. The number of anilines is 1. The molecule has 8 nitrogen and oxygen atoms in total. The van der Waals surface area contributed by atoms with Gasteiger partial charge in [-0.25, -0.2) is 0 Å². The Kier molecular flexibility index (Phi) is 4.02. The zero-order valence-electron chi connectivity index (χ0n) is 15.3. The molecule has 0 bridgehead atoms. The summed E-state index contributed by atoms with van der Waals surface area (Å²) in [6.45, 7) is 4.95. The molecule has 0 amide bonds. The first-order valence-corrected chi connectivity index (χ1v) is 9.29. The lowest BCUT2D eigenvalue weighted by Crippen LogP contribution is -2.66. The largest absolute Gasteiger partial charge is 0.372 e. The summed E-state index contributed by atoms with van der Waals surface area (Å²) >= 11 is 0. The predicted octanol–water partition coefficient (Wildman–Crippen LogP) is 1.78. The van der Waals surface area contributed by atoms with E-state index in [1.54, 1.807) is 10.8 Å². The minimum atomic E-state index is -0.132. The highest BCUT2D eigenvalue weighted by molar-refractivity contribution is 5.48. The first-order valence-electron chi connectivity index (χ1n) is 9.29. The third kappa shape index (κ3) is 3.26. The van der Waals surface area contributed by atoms with Gasteiger partial charge in [-0.1, -0.05) is 6.07 Å². The van der Waals surface area contributed by atoms with Crippen molar-refractivity contribution in [1.82, 2.24) is 24.8 Å². The first kappa shape index (κ1) is 16.6. The second-order valence-corrected chi connectivity index (χ2v) is 7.41. The lowest BCUT2D eigenvalue weighted by atomic mass is 9.84. The Labute approximate surface area is 157 Å². The van der Waals surface area contributed by atoms with E-state index in [0.29, 0.717) is 6.61 Å². The summed E-state index contributed by atoms with van der Waals surface area (Å²) in [5, 5.41) is 12.4. The van der Waals surface area contributed by atoms with Crippen LogP contribution in [0.15, 0.2) is 36.7 Å². The molecule has 2 fully saturated rings. The summed E-state index contributed by atoms with van der Waals surface area (Å²) in [4.78, 5) is 6.74. The van der Waals surface area contributed by atoms with Crippen molar-refractivity contribution < 1.29 is 9.47 Å². The van der Waals surface area contributed by atoms with Crippen LogP contribution < -0.4 is 4.90 Å². The summed E-state index contributed by atoms with van der Waals surface area (Å²) in [6.07, 6.45) is 3.66. The molecule has 0 aliphatic carbocycles. The molecule has 0 saturated carbocycles. The van der Waals surface area contributed by atoms with Gasteiger partial charge in [0.1, 0.15) is 17.7 Å². The number of pyridine rings is 1. The van der Waals surface area contributed by atoms with Crippen molar-refractivity contribution in [1.29, 1.82) is 0 Å². The van der Waals surface area contributed by atoms with Gasteiger partial charge in [-0.3, -0.25) is 4.98 Å². The van der Waals surface area contributed by atoms with Crippen LogP contribution in [0.4, 0.5) is 5.82 Å². The van der Waals surface area contributed by atoms with E-state index < -0.39 is 0 Å².